The van der Waals surface area contributed by atoms with Crippen molar-refractivity contribution < 1.29 is 4.42 Å². The lowest BCUT2D eigenvalue weighted by Gasteiger charge is -2.10. The van der Waals surface area contributed by atoms with Gasteiger partial charge in [0.05, 0.1) is 4.51 Å². The summed E-state index contributed by atoms with van der Waals surface area (Å²) in [6.07, 6.45) is 0. The first-order valence-electron chi connectivity index (χ1n) is 9.12. The molecule has 1 nitrogen and oxygen atoms in total. The molecule has 0 saturated carbocycles. The summed E-state index contributed by atoms with van der Waals surface area (Å²) in [6, 6.07) is 35.5. The van der Waals surface area contributed by atoms with Crippen LogP contribution in [-0.2, 0) is 10.9 Å². The third kappa shape index (κ3) is 2.93. The molecule has 4 aromatic carbocycles. The van der Waals surface area contributed by atoms with Crippen molar-refractivity contribution in [2.24, 2.45) is 0 Å². The maximum atomic E-state index is 6.42. The third-order valence-electron chi connectivity index (χ3n) is 4.74. The first-order valence-corrected chi connectivity index (χ1v) is 10.8. The van der Waals surface area contributed by atoms with Gasteiger partial charge >= 0.3 is 0 Å². The van der Waals surface area contributed by atoms with E-state index in [9.17, 15) is 0 Å². The van der Waals surface area contributed by atoms with Crippen molar-refractivity contribution in [2.45, 2.75) is 14.7 Å². The van der Waals surface area contributed by atoms with Crippen LogP contribution in [0.3, 0.4) is 0 Å². The fraction of sp³-hybridized carbons (Fsp3) is 0. The first kappa shape index (κ1) is 17.2. The number of benzene rings is 4. The van der Waals surface area contributed by atoms with E-state index in [1.165, 1.54) is 9.79 Å². The van der Waals surface area contributed by atoms with Gasteiger partial charge in [0.2, 0.25) is 4.90 Å². The maximum Gasteiger partial charge on any atom is 0.209 e. The number of hydrogen-bond acceptors (Lipinski definition) is 2. The minimum Gasteiger partial charge on any atom is -0.451 e. The Morgan fingerprint density at radius 2 is 1.14 bits per heavy atom. The largest absolute Gasteiger partial charge is 0.451 e. The molecule has 134 valence electrons. The van der Waals surface area contributed by atoms with E-state index >= 15 is 0 Å². The summed E-state index contributed by atoms with van der Waals surface area (Å²) in [5, 5.41) is 1.98. The van der Waals surface area contributed by atoms with Crippen molar-refractivity contribution in [2.75, 3.05) is 0 Å². The van der Waals surface area contributed by atoms with Crippen LogP contribution in [0.25, 0.3) is 21.9 Å². The molecule has 5 rings (SSSR count). The Morgan fingerprint density at radius 3 is 1.82 bits per heavy atom. The summed E-state index contributed by atoms with van der Waals surface area (Å²) in [6.45, 7) is 0. The van der Waals surface area contributed by atoms with E-state index in [2.05, 4.69) is 78.9 Å². The minimum absolute atomic E-state index is 0.280. The molecular formula is C25H17OS2+. The van der Waals surface area contributed by atoms with Crippen LogP contribution in [0, 0.1) is 4.51 Å². The fourth-order valence-electron chi connectivity index (χ4n) is 3.46. The van der Waals surface area contributed by atoms with Gasteiger partial charge in [-0.1, -0.05) is 66.8 Å². The van der Waals surface area contributed by atoms with Gasteiger partial charge < -0.3 is 4.42 Å². The van der Waals surface area contributed by atoms with Gasteiger partial charge in [0.25, 0.3) is 0 Å². The highest BCUT2D eigenvalue weighted by atomic mass is 32.2. The molecular weight excluding hydrogens is 380 g/mol. The zero-order valence-electron chi connectivity index (χ0n) is 15.0. The summed E-state index contributed by atoms with van der Waals surface area (Å²) < 4.78 is 7.27. The highest BCUT2D eigenvalue weighted by molar-refractivity contribution is 7.97. The lowest BCUT2D eigenvalue weighted by Crippen LogP contribution is -2.05. The van der Waals surface area contributed by atoms with Crippen molar-refractivity contribution >= 4 is 45.1 Å². The molecule has 0 aliphatic heterocycles. The highest BCUT2D eigenvalue weighted by Gasteiger charge is 2.31. The lowest BCUT2D eigenvalue weighted by atomic mass is 10.1. The number of hydrogen-bond donors (Lipinski definition) is 0. The van der Waals surface area contributed by atoms with Gasteiger partial charge in [-0.05, 0) is 48.5 Å². The van der Waals surface area contributed by atoms with Crippen LogP contribution in [0.5, 0.6) is 0 Å². The van der Waals surface area contributed by atoms with Crippen LogP contribution in [0.15, 0.2) is 122 Å². The second kappa shape index (κ2) is 7.27. The molecule has 0 radical (unpaired) electrons. The molecule has 0 atom stereocenters. The molecule has 0 aliphatic carbocycles. The lowest BCUT2D eigenvalue weighted by molar-refractivity contribution is 0.651. The van der Waals surface area contributed by atoms with Gasteiger partial charge in [-0.3, -0.25) is 0 Å². The first-order chi connectivity index (χ1) is 13.8. The molecule has 0 fully saturated rings. The molecule has 0 N–H and O–H groups in total. The number of rotatable bonds is 3. The molecule has 5 aromatic rings. The second-order valence-electron chi connectivity index (χ2n) is 6.49. The van der Waals surface area contributed by atoms with Crippen LogP contribution in [-0.4, -0.2) is 0 Å². The van der Waals surface area contributed by atoms with E-state index in [1.807, 2.05) is 24.3 Å². The van der Waals surface area contributed by atoms with Gasteiger partial charge in [-0.15, -0.1) is 0 Å². The Balaban J connectivity index is 1.86. The Labute approximate surface area is 171 Å². The summed E-state index contributed by atoms with van der Waals surface area (Å²) in [7, 11) is -0.280. The number of para-hydroxylation sites is 2. The smallest absolute Gasteiger partial charge is 0.209 e. The molecule has 0 spiro atoms. The average molecular weight is 398 g/mol. The third-order valence-corrected chi connectivity index (χ3v) is 7.43. The summed E-state index contributed by atoms with van der Waals surface area (Å²) in [5.74, 6) is 0. The van der Waals surface area contributed by atoms with Crippen LogP contribution in [0.4, 0.5) is 0 Å². The van der Waals surface area contributed by atoms with Gasteiger partial charge in [0.1, 0.15) is 16.5 Å². The molecule has 3 heteroatoms. The van der Waals surface area contributed by atoms with E-state index < -0.39 is 0 Å². The number of fused-ring (bicyclic) bond motifs is 2. The molecule has 0 aliphatic rings. The van der Waals surface area contributed by atoms with Gasteiger partial charge in [0, 0.05) is 10.8 Å². The van der Waals surface area contributed by atoms with E-state index in [4.69, 9.17) is 16.6 Å². The Hall–Kier alpha value is -2.88. The molecule has 28 heavy (non-hydrogen) atoms. The Morgan fingerprint density at radius 1 is 0.571 bits per heavy atom. The monoisotopic (exact) mass is 397 g/mol. The van der Waals surface area contributed by atoms with Crippen LogP contribution in [0.1, 0.15) is 0 Å². The highest BCUT2D eigenvalue weighted by Crippen LogP contribution is 2.37. The predicted octanol–water partition coefficient (Wildman–Crippen LogP) is 7.41. The van der Waals surface area contributed by atoms with Crippen molar-refractivity contribution in [3.05, 3.63) is 108 Å². The minimum atomic E-state index is -0.280. The van der Waals surface area contributed by atoms with Crippen molar-refractivity contribution in [1.82, 2.24) is 0 Å². The standard InChI is InChI=1S/C25H17OS2/c27-25-20-14-7-8-16-22(20)26-24-21(25)15-9-17-23(24)28(18-10-3-1-4-11-18)19-12-5-2-6-13-19/h1-17H/q+1. The van der Waals surface area contributed by atoms with E-state index in [1.54, 1.807) is 0 Å². The summed E-state index contributed by atoms with van der Waals surface area (Å²) in [4.78, 5) is 3.68. The summed E-state index contributed by atoms with van der Waals surface area (Å²) in [5.41, 5.74) is 1.71. The van der Waals surface area contributed by atoms with Gasteiger partial charge in [-0.25, -0.2) is 0 Å². The second-order valence-corrected chi connectivity index (χ2v) is 8.90. The van der Waals surface area contributed by atoms with Gasteiger partial charge in [-0.2, -0.15) is 0 Å². The Bertz CT molecular complexity index is 1290. The quantitative estimate of drug-likeness (QED) is 0.179. The zero-order chi connectivity index (χ0) is 18.9. The van der Waals surface area contributed by atoms with Crippen molar-refractivity contribution in [1.29, 1.82) is 0 Å². The predicted molar refractivity (Wildman–Crippen MR) is 120 cm³/mol. The molecule has 0 bridgehead atoms. The van der Waals surface area contributed by atoms with Gasteiger partial charge in [0.15, 0.2) is 15.4 Å². The maximum absolute atomic E-state index is 6.42. The molecule has 0 amide bonds. The summed E-state index contributed by atoms with van der Waals surface area (Å²) >= 11 is 5.82. The SMILES string of the molecule is S=c1c2ccccc2oc2c([S+](c3ccccc3)c3ccccc3)cccc12. The van der Waals surface area contributed by atoms with Crippen molar-refractivity contribution in [3.63, 3.8) is 0 Å². The molecule has 1 aromatic heterocycles. The average Bonchev–Trinajstić information content (AvgIpc) is 2.76. The van der Waals surface area contributed by atoms with E-state index in [0.717, 1.165) is 31.3 Å². The molecule has 0 saturated heterocycles. The van der Waals surface area contributed by atoms with Crippen LogP contribution >= 0.6 is 12.2 Å². The van der Waals surface area contributed by atoms with Crippen LogP contribution < -0.4 is 0 Å². The van der Waals surface area contributed by atoms with Crippen molar-refractivity contribution in [3.8, 4) is 0 Å². The fourth-order valence-corrected chi connectivity index (χ4v) is 5.98. The van der Waals surface area contributed by atoms with E-state index in [0.29, 0.717) is 0 Å². The normalized spacial score (nSPS) is 11.3. The zero-order valence-corrected chi connectivity index (χ0v) is 16.7. The molecule has 1 heterocycles. The Kier molecular flexibility index (Phi) is 4.47. The topological polar surface area (TPSA) is 13.1 Å². The molecule has 0 unspecified atom stereocenters. The van der Waals surface area contributed by atoms with E-state index in [-0.39, 0.29) is 10.9 Å². The van der Waals surface area contributed by atoms with Crippen LogP contribution in [0.2, 0.25) is 0 Å².